The van der Waals surface area contributed by atoms with Crippen molar-refractivity contribution in [3.8, 4) is 0 Å². The summed E-state index contributed by atoms with van der Waals surface area (Å²) in [5, 5.41) is 3.36. The van der Waals surface area contributed by atoms with E-state index in [1.54, 1.807) is 0 Å². The molecule has 3 aliphatic rings. The van der Waals surface area contributed by atoms with Gasteiger partial charge in [-0.2, -0.15) is 0 Å². The van der Waals surface area contributed by atoms with E-state index in [2.05, 4.69) is 5.32 Å². The van der Waals surface area contributed by atoms with E-state index < -0.39 is 0 Å². The molecule has 1 saturated heterocycles. The van der Waals surface area contributed by atoms with Gasteiger partial charge in [-0.05, 0) is 49.9 Å². The second kappa shape index (κ2) is 6.54. The minimum atomic E-state index is -0.208. The molecule has 3 aliphatic heterocycles. The number of aryl methyl sites for hydroxylation is 1. The maximum Gasteiger partial charge on any atom is 0.342 e. The monoisotopic (exact) mass is 335 g/mol. The fourth-order valence-corrected chi connectivity index (χ4v) is 3.86. The SMILES string of the molecule is Cc1cccc2c1C1=C(CC(C3CCNCC3)OC1=O)OC2.Cl. The van der Waals surface area contributed by atoms with Crippen molar-refractivity contribution in [2.75, 3.05) is 13.1 Å². The van der Waals surface area contributed by atoms with Gasteiger partial charge < -0.3 is 14.8 Å². The molecule has 0 spiro atoms. The van der Waals surface area contributed by atoms with Crippen molar-refractivity contribution in [1.29, 1.82) is 0 Å². The van der Waals surface area contributed by atoms with E-state index in [0.29, 0.717) is 18.1 Å². The van der Waals surface area contributed by atoms with Gasteiger partial charge in [0.15, 0.2) is 0 Å². The van der Waals surface area contributed by atoms with Crippen molar-refractivity contribution in [2.24, 2.45) is 5.92 Å². The van der Waals surface area contributed by atoms with Crippen LogP contribution < -0.4 is 5.32 Å². The highest BCUT2D eigenvalue weighted by Crippen LogP contribution is 2.40. The van der Waals surface area contributed by atoms with Crippen LogP contribution in [0.5, 0.6) is 0 Å². The molecule has 0 amide bonds. The molecule has 0 saturated carbocycles. The molecule has 4 rings (SSSR count). The number of ether oxygens (including phenoxy) is 2. The van der Waals surface area contributed by atoms with Crippen molar-refractivity contribution in [3.63, 3.8) is 0 Å². The number of nitrogens with one attached hydrogen (secondary N) is 1. The molecule has 1 aromatic rings. The maximum atomic E-state index is 12.6. The molecular formula is C18H22ClNO3. The standard InChI is InChI=1S/C18H21NO3.ClH/c1-11-3-2-4-13-10-21-15-9-14(12-5-7-19-8-6-12)22-18(20)17(15)16(11)13;/h2-4,12,14,19H,5-10H2,1H3;1H. The molecule has 1 fully saturated rings. The van der Waals surface area contributed by atoms with E-state index >= 15 is 0 Å². The van der Waals surface area contributed by atoms with E-state index in [1.165, 1.54) is 0 Å². The van der Waals surface area contributed by atoms with Crippen LogP contribution in [-0.4, -0.2) is 25.2 Å². The van der Waals surface area contributed by atoms with Crippen molar-refractivity contribution in [1.82, 2.24) is 5.32 Å². The molecule has 3 heterocycles. The first-order valence-corrected chi connectivity index (χ1v) is 8.10. The smallest absolute Gasteiger partial charge is 0.342 e. The zero-order chi connectivity index (χ0) is 15.1. The molecule has 0 bridgehead atoms. The van der Waals surface area contributed by atoms with Gasteiger partial charge in [-0.25, -0.2) is 4.79 Å². The number of rotatable bonds is 1. The Labute approximate surface area is 142 Å². The second-order valence-corrected chi connectivity index (χ2v) is 6.43. The van der Waals surface area contributed by atoms with Crippen LogP contribution in [0.2, 0.25) is 0 Å². The Morgan fingerprint density at radius 1 is 1.22 bits per heavy atom. The van der Waals surface area contributed by atoms with Gasteiger partial charge in [-0.3, -0.25) is 0 Å². The lowest BCUT2D eigenvalue weighted by molar-refractivity contribution is -0.147. The highest BCUT2D eigenvalue weighted by Gasteiger charge is 2.38. The number of carbonyl (C=O) groups excluding carboxylic acids is 1. The Balaban J connectivity index is 0.00000156. The summed E-state index contributed by atoms with van der Waals surface area (Å²) in [4.78, 5) is 12.6. The van der Waals surface area contributed by atoms with Crippen LogP contribution in [0.1, 0.15) is 36.0 Å². The fraction of sp³-hybridized carbons (Fsp3) is 0.500. The Kier molecular flexibility index (Phi) is 4.64. The lowest BCUT2D eigenvalue weighted by Crippen LogP contribution is -2.39. The average Bonchev–Trinajstić information content (AvgIpc) is 2.55. The molecule has 0 aliphatic carbocycles. The van der Waals surface area contributed by atoms with Crippen molar-refractivity contribution in [2.45, 2.75) is 38.9 Å². The van der Waals surface area contributed by atoms with E-state index in [1.807, 2.05) is 25.1 Å². The molecule has 0 radical (unpaired) electrons. The fourth-order valence-electron chi connectivity index (χ4n) is 3.86. The average molecular weight is 336 g/mol. The van der Waals surface area contributed by atoms with Crippen molar-refractivity contribution >= 4 is 23.9 Å². The number of piperidine rings is 1. The molecular weight excluding hydrogens is 314 g/mol. The molecule has 5 heteroatoms. The van der Waals surface area contributed by atoms with Crippen LogP contribution in [0, 0.1) is 12.8 Å². The summed E-state index contributed by atoms with van der Waals surface area (Å²) >= 11 is 0. The third kappa shape index (κ3) is 2.86. The van der Waals surface area contributed by atoms with Gasteiger partial charge in [0.2, 0.25) is 0 Å². The lowest BCUT2D eigenvalue weighted by atomic mass is 9.85. The van der Waals surface area contributed by atoms with Gasteiger partial charge in [0.1, 0.15) is 24.0 Å². The van der Waals surface area contributed by atoms with Gasteiger partial charge in [0.05, 0.1) is 0 Å². The first-order chi connectivity index (χ1) is 10.7. The minimum Gasteiger partial charge on any atom is -0.492 e. The van der Waals surface area contributed by atoms with Crippen LogP contribution in [-0.2, 0) is 20.9 Å². The van der Waals surface area contributed by atoms with E-state index in [4.69, 9.17) is 9.47 Å². The topological polar surface area (TPSA) is 47.6 Å². The number of esters is 1. The second-order valence-electron chi connectivity index (χ2n) is 6.43. The summed E-state index contributed by atoms with van der Waals surface area (Å²) in [6.45, 7) is 4.61. The summed E-state index contributed by atoms with van der Waals surface area (Å²) in [6.07, 6.45) is 2.82. The van der Waals surface area contributed by atoms with Gasteiger partial charge in [0.25, 0.3) is 0 Å². The van der Waals surface area contributed by atoms with Crippen molar-refractivity contribution in [3.05, 3.63) is 40.6 Å². The normalized spacial score (nSPS) is 24.0. The third-order valence-electron chi connectivity index (χ3n) is 5.05. The highest BCUT2D eigenvalue weighted by molar-refractivity contribution is 6.19. The van der Waals surface area contributed by atoms with Crippen LogP contribution in [0.15, 0.2) is 24.0 Å². The number of cyclic esters (lactones) is 1. The first-order valence-electron chi connectivity index (χ1n) is 8.10. The van der Waals surface area contributed by atoms with Crippen LogP contribution in [0.3, 0.4) is 0 Å². The van der Waals surface area contributed by atoms with Crippen LogP contribution >= 0.6 is 12.4 Å². The van der Waals surface area contributed by atoms with E-state index in [-0.39, 0.29) is 24.5 Å². The molecule has 1 aromatic carbocycles. The molecule has 4 nitrogen and oxygen atoms in total. The summed E-state index contributed by atoms with van der Waals surface area (Å²) in [7, 11) is 0. The molecule has 1 N–H and O–H groups in total. The zero-order valence-corrected chi connectivity index (χ0v) is 14.1. The summed E-state index contributed by atoms with van der Waals surface area (Å²) in [6, 6.07) is 6.08. The Morgan fingerprint density at radius 2 is 2.00 bits per heavy atom. The van der Waals surface area contributed by atoms with Crippen molar-refractivity contribution < 1.29 is 14.3 Å². The number of hydrogen-bond donors (Lipinski definition) is 1. The summed E-state index contributed by atoms with van der Waals surface area (Å²) in [5.74, 6) is 1.07. The summed E-state index contributed by atoms with van der Waals surface area (Å²) < 4.78 is 11.7. The maximum absolute atomic E-state index is 12.6. The molecule has 23 heavy (non-hydrogen) atoms. The van der Waals surface area contributed by atoms with E-state index in [9.17, 15) is 4.79 Å². The zero-order valence-electron chi connectivity index (χ0n) is 13.3. The minimum absolute atomic E-state index is 0. The van der Waals surface area contributed by atoms with E-state index in [0.717, 1.165) is 54.8 Å². The third-order valence-corrected chi connectivity index (χ3v) is 5.05. The van der Waals surface area contributed by atoms with Crippen LogP contribution in [0.25, 0.3) is 5.57 Å². The number of carbonyl (C=O) groups is 1. The Hall–Kier alpha value is -1.52. The molecule has 0 aromatic heterocycles. The Bertz CT molecular complexity index is 650. The predicted molar refractivity (Wildman–Crippen MR) is 90.2 cm³/mol. The molecule has 124 valence electrons. The summed E-state index contributed by atoms with van der Waals surface area (Å²) in [5.41, 5.74) is 3.88. The first kappa shape index (κ1) is 16.3. The number of benzene rings is 1. The number of halogens is 1. The quantitative estimate of drug-likeness (QED) is 0.802. The number of fused-ring (bicyclic) bond motifs is 2. The molecule has 1 atom stereocenters. The lowest BCUT2D eigenvalue weighted by Gasteiger charge is -2.36. The van der Waals surface area contributed by atoms with Gasteiger partial charge in [0, 0.05) is 12.0 Å². The highest BCUT2D eigenvalue weighted by atomic mass is 35.5. The number of hydrogen-bond acceptors (Lipinski definition) is 4. The molecule has 1 unspecified atom stereocenters. The van der Waals surface area contributed by atoms with Gasteiger partial charge in [-0.15, -0.1) is 12.4 Å². The largest absolute Gasteiger partial charge is 0.492 e. The predicted octanol–water partition coefficient (Wildman–Crippen LogP) is 2.97. The Morgan fingerprint density at radius 3 is 2.78 bits per heavy atom. The van der Waals surface area contributed by atoms with Gasteiger partial charge in [-0.1, -0.05) is 18.2 Å². The van der Waals surface area contributed by atoms with Crippen LogP contribution in [0.4, 0.5) is 0 Å². The van der Waals surface area contributed by atoms with Gasteiger partial charge >= 0.3 is 5.97 Å².